The number of alkyl halides is 3. The number of nitrogens with one attached hydrogen (secondary N) is 1. The fraction of sp³-hybridized carbons (Fsp3) is 0.647. The van der Waals surface area contributed by atoms with Crippen molar-refractivity contribution in [3.8, 4) is 0 Å². The first-order valence-electron chi connectivity index (χ1n) is 8.56. The summed E-state index contributed by atoms with van der Waals surface area (Å²) in [4.78, 5) is 17.2. The van der Waals surface area contributed by atoms with E-state index in [1.165, 1.54) is 13.0 Å². The maximum atomic E-state index is 12.6. The fourth-order valence-corrected chi connectivity index (χ4v) is 3.32. The van der Waals surface area contributed by atoms with Crippen molar-refractivity contribution in [1.82, 2.24) is 9.88 Å². The van der Waals surface area contributed by atoms with Crippen molar-refractivity contribution < 1.29 is 27.4 Å². The first kappa shape index (κ1) is 18.9. The number of carbonyl (C=O) groups excluding carboxylic acids is 1. The number of ether oxygens (including phenoxy) is 2. The quantitative estimate of drug-likeness (QED) is 0.881. The smallest absolute Gasteiger partial charge is 0.377 e. The third-order valence-electron chi connectivity index (χ3n) is 4.74. The molecule has 144 valence electrons. The molecule has 0 aliphatic carbocycles. The number of anilines is 1. The Hall–Kier alpha value is -1.87. The van der Waals surface area contributed by atoms with Gasteiger partial charge >= 0.3 is 6.18 Å². The topological polar surface area (TPSA) is 63.7 Å². The van der Waals surface area contributed by atoms with Crippen LogP contribution in [0.1, 0.15) is 25.3 Å². The van der Waals surface area contributed by atoms with Crippen LogP contribution in [0.5, 0.6) is 0 Å². The van der Waals surface area contributed by atoms with Crippen LogP contribution in [0.3, 0.4) is 0 Å². The predicted molar refractivity (Wildman–Crippen MR) is 87.6 cm³/mol. The SMILES string of the molecule is CC(=O)N1CCOC[C@]2(CC[C@H](CNc3ccc(C(F)(F)F)cn3)O2)C1. The van der Waals surface area contributed by atoms with Gasteiger partial charge < -0.3 is 19.7 Å². The molecule has 1 aromatic heterocycles. The number of rotatable bonds is 3. The number of nitrogens with zero attached hydrogens (tertiary/aromatic N) is 2. The van der Waals surface area contributed by atoms with Gasteiger partial charge in [-0.05, 0) is 25.0 Å². The summed E-state index contributed by atoms with van der Waals surface area (Å²) in [6.07, 6.45) is -2.15. The largest absolute Gasteiger partial charge is 0.417 e. The molecular weight excluding hydrogens is 351 g/mol. The van der Waals surface area contributed by atoms with Gasteiger partial charge in [-0.2, -0.15) is 13.2 Å². The summed E-state index contributed by atoms with van der Waals surface area (Å²) >= 11 is 0. The van der Waals surface area contributed by atoms with Crippen LogP contribution in [0, 0.1) is 0 Å². The lowest BCUT2D eigenvalue weighted by atomic mass is 10.00. The lowest BCUT2D eigenvalue weighted by Gasteiger charge is -2.31. The molecule has 2 aliphatic heterocycles. The van der Waals surface area contributed by atoms with Gasteiger partial charge in [0.25, 0.3) is 0 Å². The average Bonchev–Trinajstić information content (AvgIpc) is 2.85. The molecule has 6 nitrogen and oxygen atoms in total. The molecule has 2 fully saturated rings. The van der Waals surface area contributed by atoms with Gasteiger partial charge in [-0.1, -0.05) is 0 Å². The normalized spacial score (nSPS) is 26.8. The molecule has 1 amide bonds. The number of halogens is 3. The van der Waals surface area contributed by atoms with E-state index in [1.807, 2.05) is 0 Å². The minimum atomic E-state index is -4.39. The maximum absolute atomic E-state index is 12.6. The maximum Gasteiger partial charge on any atom is 0.417 e. The number of hydrogen-bond acceptors (Lipinski definition) is 5. The molecule has 0 aromatic carbocycles. The van der Waals surface area contributed by atoms with Crippen molar-refractivity contribution >= 4 is 11.7 Å². The standard InChI is InChI=1S/C17H22F3N3O3/c1-12(24)23-6-7-25-11-16(10-23)5-4-14(26-16)9-22-15-3-2-13(8-21-15)17(18,19)20/h2-3,8,14H,4-7,9-11H2,1H3,(H,21,22)/t14-,16+/m1/s1. The van der Waals surface area contributed by atoms with Crippen molar-refractivity contribution in [2.45, 2.75) is 37.6 Å². The molecule has 2 atom stereocenters. The van der Waals surface area contributed by atoms with Crippen molar-refractivity contribution in [3.63, 3.8) is 0 Å². The molecule has 1 aromatic rings. The minimum Gasteiger partial charge on any atom is -0.377 e. The molecule has 0 unspecified atom stereocenters. The highest BCUT2D eigenvalue weighted by Gasteiger charge is 2.43. The van der Waals surface area contributed by atoms with Crippen LogP contribution in [0.2, 0.25) is 0 Å². The molecule has 0 bridgehead atoms. The number of aromatic nitrogens is 1. The van der Waals surface area contributed by atoms with E-state index in [0.717, 1.165) is 25.1 Å². The lowest BCUT2D eigenvalue weighted by molar-refractivity contribution is -0.137. The zero-order valence-electron chi connectivity index (χ0n) is 14.5. The van der Waals surface area contributed by atoms with Crippen LogP contribution in [0.15, 0.2) is 18.3 Å². The van der Waals surface area contributed by atoms with E-state index >= 15 is 0 Å². The Morgan fingerprint density at radius 1 is 1.46 bits per heavy atom. The highest BCUT2D eigenvalue weighted by atomic mass is 19.4. The average molecular weight is 373 g/mol. The van der Waals surface area contributed by atoms with Crippen LogP contribution in [-0.2, 0) is 20.4 Å². The molecule has 26 heavy (non-hydrogen) atoms. The van der Waals surface area contributed by atoms with Crippen LogP contribution < -0.4 is 5.32 Å². The monoisotopic (exact) mass is 373 g/mol. The lowest BCUT2D eigenvalue weighted by Crippen LogP contribution is -2.46. The summed E-state index contributed by atoms with van der Waals surface area (Å²) in [5, 5.41) is 3.01. The van der Waals surface area contributed by atoms with E-state index in [4.69, 9.17) is 9.47 Å². The Morgan fingerprint density at radius 2 is 2.27 bits per heavy atom. The summed E-state index contributed by atoms with van der Waals surface area (Å²) in [5.41, 5.74) is -1.29. The molecule has 0 radical (unpaired) electrons. The van der Waals surface area contributed by atoms with Crippen molar-refractivity contribution in [3.05, 3.63) is 23.9 Å². The number of pyridine rings is 1. The molecule has 0 saturated carbocycles. The van der Waals surface area contributed by atoms with Gasteiger partial charge in [0.1, 0.15) is 11.4 Å². The summed E-state index contributed by atoms with van der Waals surface area (Å²) < 4.78 is 49.4. The van der Waals surface area contributed by atoms with Gasteiger partial charge in [0.05, 0.1) is 31.4 Å². The summed E-state index contributed by atoms with van der Waals surface area (Å²) in [6.45, 7) is 3.94. The second-order valence-corrected chi connectivity index (χ2v) is 6.77. The summed E-state index contributed by atoms with van der Waals surface area (Å²) in [7, 11) is 0. The van der Waals surface area contributed by atoms with Gasteiger partial charge in [0.15, 0.2) is 0 Å². The molecule has 2 aliphatic rings. The molecular formula is C17H22F3N3O3. The van der Waals surface area contributed by atoms with Crippen molar-refractivity contribution in [2.24, 2.45) is 0 Å². The van der Waals surface area contributed by atoms with E-state index in [-0.39, 0.29) is 12.0 Å². The highest BCUT2D eigenvalue weighted by molar-refractivity contribution is 5.73. The van der Waals surface area contributed by atoms with Gasteiger partial charge in [0.2, 0.25) is 5.91 Å². The Labute approximate surface area is 149 Å². The predicted octanol–water partition coefficient (Wildman–Crippen LogP) is 2.31. The minimum absolute atomic E-state index is 0.00555. The van der Waals surface area contributed by atoms with Gasteiger partial charge in [0, 0.05) is 26.2 Å². The molecule has 1 N–H and O–H groups in total. The first-order valence-corrected chi connectivity index (χ1v) is 8.56. The van der Waals surface area contributed by atoms with E-state index < -0.39 is 17.3 Å². The number of hydrogen-bond donors (Lipinski definition) is 1. The second-order valence-electron chi connectivity index (χ2n) is 6.77. The van der Waals surface area contributed by atoms with Gasteiger partial charge in [-0.3, -0.25) is 4.79 Å². The zero-order valence-corrected chi connectivity index (χ0v) is 14.5. The second kappa shape index (κ2) is 7.40. The highest BCUT2D eigenvalue weighted by Crippen LogP contribution is 2.33. The van der Waals surface area contributed by atoms with E-state index in [2.05, 4.69) is 10.3 Å². The molecule has 1 spiro atoms. The van der Waals surface area contributed by atoms with Crippen molar-refractivity contribution in [1.29, 1.82) is 0 Å². The molecule has 3 rings (SSSR count). The van der Waals surface area contributed by atoms with E-state index in [1.54, 1.807) is 4.90 Å². The van der Waals surface area contributed by atoms with Crippen molar-refractivity contribution in [2.75, 3.05) is 38.2 Å². The number of amides is 1. The Balaban J connectivity index is 1.55. The molecule has 2 saturated heterocycles. The van der Waals surface area contributed by atoms with Gasteiger partial charge in [-0.25, -0.2) is 4.98 Å². The first-order chi connectivity index (χ1) is 12.3. The molecule has 9 heteroatoms. The Bertz CT molecular complexity index is 638. The van der Waals surface area contributed by atoms with Crippen LogP contribution in [-0.4, -0.2) is 60.3 Å². The summed E-state index contributed by atoms with van der Waals surface area (Å²) in [5.74, 6) is 0.360. The van der Waals surface area contributed by atoms with Crippen LogP contribution in [0.4, 0.5) is 19.0 Å². The molecule has 3 heterocycles. The van der Waals surface area contributed by atoms with Gasteiger partial charge in [-0.15, -0.1) is 0 Å². The Kier molecular flexibility index (Phi) is 5.38. The Morgan fingerprint density at radius 3 is 2.92 bits per heavy atom. The third kappa shape index (κ3) is 4.45. The zero-order chi connectivity index (χ0) is 18.8. The van der Waals surface area contributed by atoms with E-state index in [0.29, 0.717) is 38.7 Å². The van der Waals surface area contributed by atoms with E-state index in [9.17, 15) is 18.0 Å². The third-order valence-corrected chi connectivity index (χ3v) is 4.74. The number of carbonyl (C=O) groups is 1. The summed E-state index contributed by atoms with van der Waals surface area (Å²) in [6, 6.07) is 2.30. The van der Waals surface area contributed by atoms with Crippen LogP contribution >= 0.6 is 0 Å². The van der Waals surface area contributed by atoms with Crippen LogP contribution in [0.25, 0.3) is 0 Å². The fourth-order valence-electron chi connectivity index (χ4n) is 3.32.